The molecular weight excluding hydrogens is 282 g/mol. The predicted molar refractivity (Wildman–Crippen MR) is 72.0 cm³/mol. The Labute approximate surface area is 119 Å². The third-order valence-electron chi connectivity index (χ3n) is 2.55. The molecule has 9 heteroatoms. The van der Waals surface area contributed by atoms with Crippen LogP contribution in [-0.4, -0.2) is 34.7 Å². The number of carbonyl (C=O) groups excluding carboxylic acids is 1. The number of nitrogens with two attached hydrogens (primary N) is 1. The fraction of sp³-hybridized carbons (Fsp3) is 0.333. The first-order valence-electron chi connectivity index (χ1n) is 6.09. The Hall–Kier alpha value is -2.68. The molecule has 0 spiro atoms. The summed E-state index contributed by atoms with van der Waals surface area (Å²) < 4.78 is 4.84. The maximum absolute atomic E-state index is 11.5. The van der Waals surface area contributed by atoms with Crippen LogP contribution in [0.1, 0.15) is 12.8 Å². The zero-order valence-corrected chi connectivity index (χ0v) is 11.0. The normalized spacial score (nSPS) is 11.5. The van der Waals surface area contributed by atoms with E-state index in [1.54, 1.807) is 0 Å². The number of nitrogens with zero attached hydrogens (tertiary/aromatic N) is 1. The number of hydrogen-bond acceptors (Lipinski definition) is 6. The molecule has 114 valence electrons. The predicted octanol–water partition coefficient (Wildman–Crippen LogP) is 0.875. The van der Waals surface area contributed by atoms with Gasteiger partial charge in [-0.05, 0) is 31.5 Å². The average molecular weight is 297 g/mol. The highest BCUT2D eigenvalue weighted by Crippen LogP contribution is 2.17. The van der Waals surface area contributed by atoms with Crippen LogP contribution < -0.4 is 15.8 Å². The third-order valence-corrected chi connectivity index (χ3v) is 2.55. The number of carboxylic acid groups (broad SMARTS) is 1. The van der Waals surface area contributed by atoms with Gasteiger partial charge in [0.2, 0.25) is 0 Å². The van der Waals surface area contributed by atoms with E-state index in [1.165, 1.54) is 24.3 Å². The standard InChI is InChI=1S/C12H15N3O6/c13-7-1-2-10(11(16)17)14-12(18)21-9-5-3-8(4-6-9)15(19)20/h3-6,10H,1-2,7,13H2,(H,14,18)(H,16,17)/t10-/m1/s1. The molecule has 0 aliphatic rings. The highest BCUT2D eigenvalue weighted by atomic mass is 16.6. The van der Waals surface area contributed by atoms with Crippen molar-refractivity contribution in [2.45, 2.75) is 18.9 Å². The fourth-order valence-corrected chi connectivity index (χ4v) is 1.49. The fourth-order valence-electron chi connectivity index (χ4n) is 1.49. The Morgan fingerprint density at radius 3 is 2.48 bits per heavy atom. The first-order valence-corrected chi connectivity index (χ1v) is 6.09. The Balaban J connectivity index is 2.59. The van der Waals surface area contributed by atoms with Gasteiger partial charge < -0.3 is 20.9 Å². The van der Waals surface area contributed by atoms with Crippen molar-refractivity contribution in [1.82, 2.24) is 5.32 Å². The van der Waals surface area contributed by atoms with E-state index in [0.29, 0.717) is 13.0 Å². The molecule has 0 saturated carbocycles. The summed E-state index contributed by atoms with van der Waals surface area (Å²) in [5.41, 5.74) is 5.13. The molecule has 1 atom stereocenters. The van der Waals surface area contributed by atoms with Crippen LogP contribution in [0.2, 0.25) is 0 Å². The lowest BCUT2D eigenvalue weighted by Gasteiger charge is -2.13. The number of rotatable bonds is 7. The van der Waals surface area contributed by atoms with Gasteiger partial charge in [-0.25, -0.2) is 9.59 Å². The minimum Gasteiger partial charge on any atom is -0.480 e. The second-order valence-corrected chi connectivity index (χ2v) is 4.11. The van der Waals surface area contributed by atoms with Crippen molar-refractivity contribution in [1.29, 1.82) is 0 Å². The molecule has 0 bridgehead atoms. The molecule has 0 aromatic heterocycles. The van der Waals surface area contributed by atoms with E-state index >= 15 is 0 Å². The van der Waals surface area contributed by atoms with Crippen LogP contribution in [0.5, 0.6) is 5.75 Å². The maximum atomic E-state index is 11.5. The molecule has 0 saturated heterocycles. The number of carboxylic acids is 1. The number of nitro benzene ring substituents is 1. The maximum Gasteiger partial charge on any atom is 0.413 e. The van der Waals surface area contributed by atoms with E-state index in [2.05, 4.69) is 5.32 Å². The van der Waals surface area contributed by atoms with E-state index < -0.39 is 23.0 Å². The summed E-state index contributed by atoms with van der Waals surface area (Å²) in [5, 5.41) is 21.6. The molecule has 0 aliphatic carbocycles. The van der Waals surface area contributed by atoms with Crippen LogP contribution in [0.15, 0.2) is 24.3 Å². The van der Waals surface area contributed by atoms with Crippen LogP contribution in [0.25, 0.3) is 0 Å². The van der Waals surface area contributed by atoms with Gasteiger partial charge in [-0.15, -0.1) is 0 Å². The number of benzene rings is 1. The number of carbonyl (C=O) groups is 2. The molecule has 4 N–H and O–H groups in total. The molecule has 1 amide bonds. The van der Waals surface area contributed by atoms with E-state index in [4.69, 9.17) is 15.6 Å². The Kier molecular flexibility index (Phi) is 6.08. The molecule has 0 aliphatic heterocycles. The van der Waals surface area contributed by atoms with Crippen molar-refractivity contribution in [3.8, 4) is 5.75 Å². The van der Waals surface area contributed by atoms with Gasteiger partial charge in [0.05, 0.1) is 4.92 Å². The second kappa shape index (κ2) is 7.80. The topological polar surface area (TPSA) is 145 Å². The molecular formula is C12H15N3O6. The van der Waals surface area contributed by atoms with Crippen molar-refractivity contribution >= 4 is 17.7 Å². The molecule has 0 radical (unpaired) electrons. The summed E-state index contributed by atoms with van der Waals surface area (Å²) in [7, 11) is 0. The van der Waals surface area contributed by atoms with E-state index in [-0.39, 0.29) is 17.9 Å². The minimum atomic E-state index is -1.19. The first-order chi connectivity index (χ1) is 9.93. The molecule has 0 fully saturated rings. The number of non-ortho nitro benzene ring substituents is 1. The molecule has 1 rings (SSSR count). The van der Waals surface area contributed by atoms with Crippen LogP contribution in [0.3, 0.4) is 0 Å². The van der Waals surface area contributed by atoms with Crippen LogP contribution in [0.4, 0.5) is 10.5 Å². The molecule has 0 heterocycles. The monoisotopic (exact) mass is 297 g/mol. The number of hydrogen-bond donors (Lipinski definition) is 3. The quantitative estimate of drug-likeness (QED) is 0.500. The molecule has 9 nitrogen and oxygen atoms in total. The van der Waals surface area contributed by atoms with Crippen molar-refractivity contribution in [3.63, 3.8) is 0 Å². The first kappa shape index (κ1) is 16.4. The number of nitrogens with one attached hydrogen (secondary N) is 1. The van der Waals surface area contributed by atoms with Gasteiger partial charge in [0, 0.05) is 12.1 Å². The lowest BCUT2D eigenvalue weighted by atomic mass is 10.1. The van der Waals surface area contributed by atoms with Crippen LogP contribution >= 0.6 is 0 Å². The van der Waals surface area contributed by atoms with Gasteiger partial charge in [0.25, 0.3) is 5.69 Å². The summed E-state index contributed by atoms with van der Waals surface area (Å²) >= 11 is 0. The highest BCUT2D eigenvalue weighted by Gasteiger charge is 2.20. The zero-order valence-electron chi connectivity index (χ0n) is 11.0. The molecule has 1 aromatic carbocycles. The average Bonchev–Trinajstić information content (AvgIpc) is 2.43. The smallest absolute Gasteiger partial charge is 0.413 e. The van der Waals surface area contributed by atoms with Gasteiger partial charge in [-0.3, -0.25) is 10.1 Å². The summed E-state index contributed by atoms with van der Waals surface area (Å²) in [6, 6.07) is 3.73. The Morgan fingerprint density at radius 1 is 1.38 bits per heavy atom. The molecule has 1 aromatic rings. The van der Waals surface area contributed by atoms with E-state index in [9.17, 15) is 19.7 Å². The zero-order chi connectivity index (χ0) is 15.8. The number of amides is 1. The third kappa shape index (κ3) is 5.45. The number of ether oxygens (including phenoxy) is 1. The van der Waals surface area contributed by atoms with Gasteiger partial charge in [0.1, 0.15) is 11.8 Å². The Bertz CT molecular complexity index is 516. The Morgan fingerprint density at radius 2 is 2.00 bits per heavy atom. The second-order valence-electron chi connectivity index (χ2n) is 4.11. The summed E-state index contributed by atoms with van der Waals surface area (Å²) in [6.07, 6.45) is -0.330. The van der Waals surface area contributed by atoms with Crippen LogP contribution in [0, 0.1) is 10.1 Å². The van der Waals surface area contributed by atoms with Gasteiger partial charge >= 0.3 is 12.1 Å². The largest absolute Gasteiger partial charge is 0.480 e. The highest BCUT2D eigenvalue weighted by molar-refractivity contribution is 5.80. The lowest BCUT2D eigenvalue weighted by Crippen LogP contribution is -2.42. The van der Waals surface area contributed by atoms with Crippen molar-refractivity contribution in [2.75, 3.05) is 6.54 Å². The van der Waals surface area contributed by atoms with Gasteiger partial charge in [-0.1, -0.05) is 0 Å². The SMILES string of the molecule is NCCC[C@@H](NC(=O)Oc1ccc([N+](=O)[O-])cc1)C(=O)O. The van der Waals surface area contributed by atoms with Crippen molar-refractivity contribution < 1.29 is 24.4 Å². The minimum absolute atomic E-state index is 0.0704. The van der Waals surface area contributed by atoms with Gasteiger partial charge in [0.15, 0.2) is 0 Å². The molecule has 21 heavy (non-hydrogen) atoms. The van der Waals surface area contributed by atoms with E-state index in [0.717, 1.165) is 0 Å². The summed E-state index contributed by atoms with van der Waals surface area (Å²) in [6.45, 7) is 0.308. The van der Waals surface area contributed by atoms with Crippen molar-refractivity contribution in [2.24, 2.45) is 5.73 Å². The number of nitro groups is 1. The van der Waals surface area contributed by atoms with E-state index in [1.807, 2.05) is 0 Å². The number of aliphatic carboxylic acids is 1. The molecule has 0 unspecified atom stereocenters. The summed E-state index contributed by atoms with van der Waals surface area (Å²) in [4.78, 5) is 32.4. The summed E-state index contributed by atoms with van der Waals surface area (Å²) in [5.74, 6) is -1.12. The van der Waals surface area contributed by atoms with Crippen LogP contribution in [-0.2, 0) is 4.79 Å². The van der Waals surface area contributed by atoms with Gasteiger partial charge in [-0.2, -0.15) is 0 Å². The lowest BCUT2D eigenvalue weighted by molar-refractivity contribution is -0.384. The van der Waals surface area contributed by atoms with Crippen molar-refractivity contribution in [3.05, 3.63) is 34.4 Å².